The van der Waals surface area contributed by atoms with Crippen molar-refractivity contribution in [1.82, 2.24) is 9.97 Å². The molecule has 0 bridgehead atoms. The SMILES string of the molecule is CCC1CCCN(c2ccnc(NN)n2)C1. The molecule has 0 aromatic carbocycles. The highest BCUT2D eigenvalue weighted by molar-refractivity contribution is 5.42. The Morgan fingerprint density at radius 2 is 2.50 bits per heavy atom. The number of aromatic nitrogens is 2. The summed E-state index contributed by atoms with van der Waals surface area (Å²) >= 11 is 0. The second kappa shape index (κ2) is 5.12. The van der Waals surface area contributed by atoms with Crippen molar-refractivity contribution in [3.05, 3.63) is 12.3 Å². The lowest BCUT2D eigenvalue weighted by Crippen LogP contribution is -2.35. The van der Waals surface area contributed by atoms with Gasteiger partial charge in [0.25, 0.3) is 0 Å². The summed E-state index contributed by atoms with van der Waals surface area (Å²) < 4.78 is 0. The van der Waals surface area contributed by atoms with E-state index in [1.165, 1.54) is 19.3 Å². The van der Waals surface area contributed by atoms with Gasteiger partial charge in [0.15, 0.2) is 0 Å². The highest BCUT2D eigenvalue weighted by atomic mass is 15.3. The molecule has 1 atom stereocenters. The molecule has 1 aliphatic heterocycles. The third-order valence-corrected chi connectivity index (χ3v) is 3.19. The predicted octanol–water partition coefficient (Wildman–Crippen LogP) is 1.39. The van der Waals surface area contributed by atoms with E-state index in [0.29, 0.717) is 5.95 Å². The number of nitrogens with one attached hydrogen (secondary N) is 1. The smallest absolute Gasteiger partial charge is 0.239 e. The van der Waals surface area contributed by atoms with Crippen molar-refractivity contribution in [1.29, 1.82) is 0 Å². The molecule has 5 heteroatoms. The molecule has 2 rings (SSSR count). The van der Waals surface area contributed by atoms with Crippen molar-refractivity contribution in [2.24, 2.45) is 11.8 Å². The molecule has 88 valence electrons. The number of nitrogen functional groups attached to an aromatic ring is 1. The molecule has 3 N–H and O–H groups in total. The summed E-state index contributed by atoms with van der Waals surface area (Å²) in [5.74, 6) is 7.55. The number of anilines is 2. The average molecular weight is 221 g/mol. The number of piperidine rings is 1. The molecular weight excluding hydrogens is 202 g/mol. The number of hydrogen-bond acceptors (Lipinski definition) is 5. The number of nitrogens with two attached hydrogens (primary N) is 1. The fourth-order valence-electron chi connectivity index (χ4n) is 2.20. The van der Waals surface area contributed by atoms with Crippen LogP contribution in [0.3, 0.4) is 0 Å². The zero-order valence-corrected chi connectivity index (χ0v) is 9.69. The lowest BCUT2D eigenvalue weighted by Gasteiger charge is -2.33. The topological polar surface area (TPSA) is 67.1 Å². The second-order valence-electron chi connectivity index (χ2n) is 4.25. The predicted molar refractivity (Wildman–Crippen MR) is 65.1 cm³/mol. The maximum atomic E-state index is 5.31. The monoisotopic (exact) mass is 221 g/mol. The van der Waals surface area contributed by atoms with Gasteiger partial charge in [0.2, 0.25) is 5.95 Å². The minimum absolute atomic E-state index is 0.483. The summed E-state index contributed by atoms with van der Waals surface area (Å²) in [5.41, 5.74) is 2.48. The Bertz CT molecular complexity index is 341. The summed E-state index contributed by atoms with van der Waals surface area (Å²) in [6.45, 7) is 4.43. The summed E-state index contributed by atoms with van der Waals surface area (Å²) in [5, 5.41) is 0. The highest BCUT2D eigenvalue weighted by Crippen LogP contribution is 2.23. The van der Waals surface area contributed by atoms with Gasteiger partial charge in [-0.25, -0.2) is 10.8 Å². The van der Waals surface area contributed by atoms with Crippen LogP contribution in [0.2, 0.25) is 0 Å². The van der Waals surface area contributed by atoms with Gasteiger partial charge in [-0.2, -0.15) is 4.98 Å². The molecule has 1 unspecified atom stereocenters. The van der Waals surface area contributed by atoms with Crippen LogP contribution in [0.5, 0.6) is 0 Å². The Morgan fingerprint density at radius 3 is 3.25 bits per heavy atom. The first kappa shape index (κ1) is 11.1. The van der Waals surface area contributed by atoms with Crippen molar-refractivity contribution in [2.45, 2.75) is 26.2 Å². The molecule has 5 nitrogen and oxygen atoms in total. The van der Waals surface area contributed by atoms with Gasteiger partial charge in [0, 0.05) is 19.3 Å². The Morgan fingerprint density at radius 1 is 1.62 bits per heavy atom. The van der Waals surface area contributed by atoms with E-state index in [-0.39, 0.29) is 0 Å². The second-order valence-corrected chi connectivity index (χ2v) is 4.25. The van der Waals surface area contributed by atoms with E-state index in [9.17, 15) is 0 Å². The van der Waals surface area contributed by atoms with Gasteiger partial charge in [-0.3, -0.25) is 5.43 Å². The van der Waals surface area contributed by atoms with Crippen LogP contribution >= 0.6 is 0 Å². The van der Waals surface area contributed by atoms with Crippen LogP contribution in [-0.2, 0) is 0 Å². The van der Waals surface area contributed by atoms with E-state index in [2.05, 4.69) is 27.2 Å². The van der Waals surface area contributed by atoms with Crippen molar-refractivity contribution in [2.75, 3.05) is 23.4 Å². The van der Waals surface area contributed by atoms with Gasteiger partial charge in [-0.1, -0.05) is 13.3 Å². The fourth-order valence-corrected chi connectivity index (χ4v) is 2.20. The van der Waals surface area contributed by atoms with Crippen LogP contribution in [0.25, 0.3) is 0 Å². The Labute approximate surface area is 96.0 Å². The minimum atomic E-state index is 0.483. The van der Waals surface area contributed by atoms with E-state index in [4.69, 9.17) is 5.84 Å². The molecule has 0 aliphatic carbocycles. The molecule has 1 fully saturated rings. The molecule has 0 radical (unpaired) electrons. The van der Waals surface area contributed by atoms with Gasteiger partial charge in [0.05, 0.1) is 0 Å². The summed E-state index contributed by atoms with van der Waals surface area (Å²) in [7, 11) is 0. The number of hydrogen-bond donors (Lipinski definition) is 2. The summed E-state index contributed by atoms with van der Waals surface area (Å²) in [4.78, 5) is 10.7. The maximum absolute atomic E-state index is 5.31. The third-order valence-electron chi connectivity index (χ3n) is 3.19. The van der Waals surface area contributed by atoms with Crippen LogP contribution in [0.15, 0.2) is 12.3 Å². The first-order chi connectivity index (χ1) is 7.83. The highest BCUT2D eigenvalue weighted by Gasteiger charge is 2.19. The number of rotatable bonds is 3. The van der Waals surface area contributed by atoms with E-state index in [1.54, 1.807) is 6.20 Å². The Hall–Kier alpha value is -1.36. The number of hydrazine groups is 1. The van der Waals surface area contributed by atoms with Crippen LogP contribution in [0, 0.1) is 5.92 Å². The lowest BCUT2D eigenvalue weighted by molar-refractivity contribution is 0.403. The van der Waals surface area contributed by atoms with Crippen LogP contribution in [0.4, 0.5) is 11.8 Å². The van der Waals surface area contributed by atoms with E-state index in [1.807, 2.05) is 6.07 Å². The van der Waals surface area contributed by atoms with E-state index in [0.717, 1.165) is 24.8 Å². The molecule has 1 aliphatic rings. The van der Waals surface area contributed by atoms with E-state index >= 15 is 0 Å². The molecule has 0 saturated carbocycles. The Kier molecular flexibility index (Phi) is 3.56. The van der Waals surface area contributed by atoms with Crippen LogP contribution < -0.4 is 16.2 Å². The van der Waals surface area contributed by atoms with Crippen LogP contribution in [-0.4, -0.2) is 23.1 Å². The molecule has 0 spiro atoms. The van der Waals surface area contributed by atoms with Crippen molar-refractivity contribution >= 4 is 11.8 Å². The first-order valence-corrected chi connectivity index (χ1v) is 5.88. The zero-order chi connectivity index (χ0) is 11.4. The molecular formula is C11H19N5. The van der Waals surface area contributed by atoms with Gasteiger partial charge in [-0.15, -0.1) is 0 Å². The fraction of sp³-hybridized carbons (Fsp3) is 0.636. The molecule has 1 aromatic heterocycles. The first-order valence-electron chi connectivity index (χ1n) is 5.88. The normalized spacial score (nSPS) is 20.9. The molecule has 16 heavy (non-hydrogen) atoms. The zero-order valence-electron chi connectivity index (χ0n) is 9.69. The van der Waals surface area contributed by atoms with Crippen LogP contribution in [0.1, 0.15) is 26.2 Å². The molecule has 2 heterocycles. The Balaban J connectivity index is 2.10. The van der Waals surface area contributed by atoms with Gasteiger partial charge < -0.3 is 4.90 Å². The quantitative estimate of drug-likeness (QED) is 0.596. The van der Waals surface area contributed by atoms with Gasteiger partial charge >= 0.3 is 0 Å². The maximum Gasteiger partial charge on any atom is 0.239 e. The van der Waals surface area contributed by atoms with Crippen molar-refractivity contribution < 1.29 is 0 Å². The molecule has 1 saturated heterocycles. The molecule has 0 amide bonds. The summed E-state index contributed by atoms with van der Waals surface area (Å²) in [6, 6.07) is 1.94. The minimum Gasteiger partial charge on any atom is -0.356 e. The average Bonchev–Trinajstić information content (AvgIpc) is 2.39. The van der Waals surface area contributed by atoms with Gasteiger partial charge in [0.1, 0.15) is 5.82 Å². The van der Waals surface area contributed by atoms with E-state index < -0.39 is 0 Å². The summed E-state index contributed by atoms with van der Waals surface area (Å²) in [6.07, 6.45) is 5.56. The number of nitrogens with zero attached hydrogens (tertiary/aromatic N) is 3. The van der Waals surface area contributed by atoms with Crippen molar-refractivity contribution in [3.8, 4) is 0 Å². The lowest BCUT2D eigenvalue weighted by atomic mass is 9.96. The van der Waals surface area contributed by atoms with Gasteiger partial charge in [-0.05, 0) is 24.8 Å². The third kappa shape index (κ3) is 2.41. The molecule has 1 aromatic rings. The van der Waals surface area contributed by atoms with Crippen molar-refractivity contribution in [3.63, 3.8) is 0 Å². The largest absolute Gasteiger partial charge is 0.356 e. The standard InChI is InChI=1S/C11H19N5/c1-2-9-4-3-7-16(8-9)10-5-6-13-11(14-10)15-12/h5-6,9H,2-4,7-8,12H2,1H3,(H,13,14,15).